The smallest absolute Gasteiger partial charge is 0.335 e. The second-order valence-corrected chi connectivity index (χ2v) is 2.97. The second-order valence-electron chi connectivity index (χ2n) is 2.97. The molecule has 0 heterocycles. The number of Topliss-reactive ketones (excluding diaryl/α,β-unsaturated/α-hetero) is 2. The Morgan fingerprint density at radius 1 is 0.667 bits per heavy atom. The molecule has 0 atom stereocenters. The van der Waals surface area contributed by atoms with Gasteiger partial charge in [0.25, 0.3) is 0 Å². The first-order chi connectivity index (χ1) is 6.29. The molecule has 0 aromatic rings. The largest absolute Gasteiger partial charge is 2.00 e. The normalized spacial score (nSPS) is 5.87. The van der Waals surface area contributed by atoms with Crippen molar-refractivity contribution < 1.29 is 31.3 Å². The molecule has 0 N–H and O–H groups in total. The van der Waals surface area contributed by atoms with E-state index in [0.29, 0.717) is 0 Å². The summed E-state index contributed by atoms with van der Waals surface area (Å²) in [6.45, 7) is 14.1. The molecule has 0 fully saturated rings. The summed E-state index contributed by atoms with van der Waals surface area (Å²) >= 11 is 0. The monoisotopic (exact) mass is 250 g/mol. The van der Waals surface area contributed by atoms with Gasteiger partial charge in [0.15, 0.2) is 0 Å². The summed E-state index contributed by atoms with van der Waals surface area (Å²) < 4.78 is 0. The van der Waals surface area contributed by atoms with Gasteiger partial charge in [0.2, 0.25) is 0 Å². The molecule has 90 valence electrons. The summed E-state index contributed by atoms with van der Waals surface area (Å²) in [5.74, 6) is 0.333. The van der Waals surface area contributed by atoms with E-state index in [1.54, 1.807) is 0 Å². The number of hydrogen-bond donors (Lipinski definition) is 0. The van der Waals surface area contributed by atoms with Crippen molar-refractivity contribution in [2.24, 2.45) is 0 Å². The molecule has 3 heteroatoms. The Balaban J connectivity index is -0.0000000293. The van der Waals surface area contributed by atoms with E-state index in [0.717, 1.165) is 0 Å². The quantitative estimate of drug-likeness (QED) is 0.485. The van der Waals surface area contributed by atoms with Crippen molar-refractivity contribution in [2.75, 3.05) is 0 Å². The Labute approximate surface area is 111 Å². The van der Waals surface area contributed by atoms with Crippen LogP contribution in [-0.4, -0.2) is 11.6 Å². The van der Waals surface area contributed by atoms with Gasteiger partial charge in [-0.25, -0.2) is 0 Å². The molecule has 0 aliphatic rings. The Morgan fingerprint density at radius 3 is 0.667 bits per heavy atom. The molecule has 15 heavy (non-hydrogen) atoms. The summed E-state index contributed by atoms with van der Waals surface area (Å²) in [5.41, 5.74) is 0. The van der Waals surface area contributed by atoms with Crippen LogP contribution in [0.3, 0.4) is 0 Å². The second kappa shape index (κ2) is 36.9. The molecule has 0 aliphatic heterocycles. The van der Waals surface area contributed by atoms with E-state index in [1.807, 2.05) is 40.5 Å². The average molecular weight is 250 g/mol. The third-order valence-electron chi connectivity index (χ3n) is 0. The van der Waals surface area contributed by atoms with Gasteiger partial charge in [-0.3, -0.25) is 0 Å². The number of carbonyl (C=O) groups excluding carboxylic acids is 2. The van der Waals surface area contributed by atoms with Crippen LogP contribution in [0.25, 0.3) is 0 Å². The first-order valence-corrected chi connectivity index (χ1v) is 4.72. The summed E-state index contributed by atoms with van der Waals surface area (Å²) in [7, 11) is 0. The maximum atomic E-state index is 9.44. The van der Waals surface area contributed by atoms with Crippen LogP contribution in [0.5, 0.6) is 0 Å². The van der Waals surface area contributed by atoms with Crippen molar-refractivity contribution in [1.29, 1.82) is 0 Å². The van der Waals surface area contributed by atoms with Crippen molar-refractivity contribution in [2.45, 2.75) is 55.4 Å². The molecule has 0 bridgehead atoms. The number of carbonyl (C=O) groups is 2. The molecule has 0 saturated heterocycles. The third-order valence-corrected chi connectivity index (χ3v) is 0. The predicted molar refractivity (Wildman–Crippen MR) is 64.0 cm³/mol. The van der Waals surface area contributed by atoms with Crippen LogP contribution in [0.2, 0.25) is 0 Å². The molecular formula is C12H26O2Ti. The third kappa shape index (κ3) is 693000. The van der Waals surface area contributed by atoms with Crippen LogP contribution in [0, 0.1) is 12.8 Å². The first-order valence-electron chi connectivity index (χ1n) is 4.72. The fourth-order valence-electron chi connectivity index (χ4n) is 0. The summed E-state index contributed by atoms with van der Waals surface area (Å²) in [6, 6.07) is 0. The van der Waals surface area contributed by atoms with Crippen LogP contribution in [0.4, 0.5) is 0 Å². The van der Waals surface area contributed by atoms with Crippen LogP contribution in [-0.2, 0) is 31.3 Å². The summed E-state index contributed by atoms with van der Waals surface area (Å²) in [6.07, 6.45) is 4.00. The van der Waals surface area contributed by atoms with E-state index < -0.39 is 0 Å². The van der Waals surface area contributed by atoms with E-state index in [1.165, 1.54) is 27.7 Å². The minimum Gasteiger partial charge on any atom is -0.335 e. The SMILES string of the molecule is CC(C)=O.CC(C)=O.C[CH-]C.C[CH-]C.[Ti+2]. The average Bonchev–Trinajstić information content (AvgIpc) is 1.85. The molecule has 0 aliphatic carbocycles. The standard InChI is InChI=1S/2C3H6O.2C3H7.Ti/c2*1-3(2)4;2*1-3-2;/h2*1-2H3;2*3H,1-2H3;/q;;2*-1;+2. The zero-order chi connectivity index (χ0) is 12.6. The van der Waals surface area contributed by atoms with Gasteiger partial charge in [-0.05, 0) is 27.7 Å². The molecule has 0 unspecified atom stereocenters. The molecule has 2 nitrogen and oxygen atoms in total. The Morgan fingerprint density at radius 2 is 0.667 bits per heavy atom. The molecule has 0 amide bonds. The van der Waals surface area contributed by atoms with E-state index in [9.17, 15) is 9.59 Å². The predicted octanol–water partition coefficient (Wildman–Crippen LogP) is 3.65. The minimum absolute atomic E-state index is 0. The molecule has 0 saturated carbocycles. The fraction of sp³-hybridized carbons (Fsp3) is 0.667. The van der Waals surface area contributed by atoms with E-state index in [-0.39, 0.29) is 33.3 Å². The zero-order valence-corrected chi connectivity index (χ0v) is 13.0. The Bertz CT molecular complexity index is 90.2. The number of hydrogen-bond acceptors (Lipinski definition) is 2. The van der Waals surface area contributed by atoms with Crippen molar-refractivity contribution >= 4 is 11.6 Å². The van der Waals surface area contributed by atoms with Gasteiger partial charge in [-0.1, -0.05) is 0 Å². The van der Waals surface area contributed by atoms with Crippen LogP contribution < -0.4 is 0 Å². The van der Waals surface area contributed by atoms with E-state index >= 15 is 0 Å². The molecule has 0 rings (SSSR count). The molecule has 0 aromatic heterocycles. The summed E-state index contributed by atoms with van der Waals surface area (Å²) in [4.78, 5) is 18.9. The van der Waals surface area contributed by atoms with Gasteiger partial charge >= 0.3 is 21.7 Å². The van der Waals surface area contributed by atoms with Gasteiger partial charge in [-0.15, -0.1) is 0 Å². The fourth-order valence-corrected chi connectivity index (χ4v) is 0. The maximum absolute atomic E-state index is 9.44. The van der Waals surface area contributed by atoms with Gasteiger partial charge in [-0.2, -0.15) is 27.7 Å². The van der Waals surface area contributed by atoms with Crippen molar-refractivity contribution in [1.82, 2.24) is 0 Å². The molecule has 0 radical (unpaired) electrons. The van der Waals surface area contributed by atoms with Gasteiger partial charge in [0.1, 0.15) is 11.6 Å². The topological polar surface area (TPSA) is 34.1 Å². The number of rotatable bonds is 0. The van der Waals surface area contributed by atoms with Crippen molar-refractivity contribution in [3.63, 3.8) is 0 Å². The van der Waals surface area contributed by atoms with Crippen molar-refractivity contribution in [3.05, 3.63) is 12.8 Å². The van der Waals surface area contributed by atoms with Gasteiger partial charge < -0.3 is 22.4 Å². The maximum Gasteiger partial charge on any atom is 2.00 e. The molecule has 0 aromatic carbocycles. The summed E-state index contributed by atoms with van der Waals surface area (Å²) in [5, 5.41) is 0. The zero-order valence-electron chi connectivity index (χ0n) is 11.5. The molecule has 0 spiro atoms. The van der Waals surface area contributed by atoms with Crippen LogP contribution in [0.15, 0.2) is 0 Å². The van der Waals surface area contributed by atoms with E-state index in [2.05, 4.69) is 0 Å². The molecular weight excluding hydrogens is 224 g/mol. The minimum atomic E-state index is 0. The Kier molecular flexibility index (Phi) is 72.4. The van der Waals surface area contributed by atoms with Gasteiger partial charge in [0, 0.05) is 0 Å². The van der Waals surface area contributed by atoms with Gasteiger partial charge in [0.05, 0.1) is 0 Å². The number of ketones is 2. The van der Waals surface area contributed by atoms with E-state index in [4.69, 9.17) is 0 Å². The Hall–Kier alpha value is 0.0543. The van der Waals surface area contributed by atoms with Crippen molar-refractivity contribution in [3.8, 4) is 0 Å². The van der Waals surface area contributed by atoms with Crippen LogP contribution in [0.1, 0.15) is 55.4 Å². The first kappa shape index (κ1) is 29.4. The van der Waals surface area contributed by atoms with Crippen LogP contribution >= 0.6 is 0 Å².